The average Bonchev–Trinajstić information content (AvgIpc) is 2.73. The lowest BCUT2D eigenvalue weighted by atomic mass is 9.51. The van der Waals surface area contributed by atoms with Gasteiger partial charge in [0.25, 0.3) is 0 Å². The second-order valence-electron chi connectivity index (χ2n) is 13.5. The van der Waals surface area contributed by atoms with E-state index < -0.39 is 38.1 Å². The Labute approximate surface area is 217 Å². The van der Waals surface area contributed by atoms with Crippen molar-refractivity contribution in [3.63, 3.8) is 0 Å². The second kappa shape index (κ2) is 9.05. The van der Waals surface area contributed by atoms with Gasteiger partial charge in [0.15, 0.2) is 5.79 Å². The van der Waals surface area contributed by atoms with E-state index in [2.05, 4.69) is 0 Å². The molecule has 0 aromatic carbocycles. The smallest absolute Gasteiger partial charge is 0.454 e. The Morgan fingerprint density at radius 2 is 1.38 bits per heavy atom. The summed E-state index contributed by atoms with van der Waals surface area (Å²) in [6.45, 7) is 13.2. The first-order valence-electron chi connectivity index (χ1n) is 12.8. The molecule has 5 fully saturated rings. The van der Waals surface area contributed by atoms with E-state index in [9.17, 15) is 22.0 Å². The summed E-state index contributed by atoms with van der Waals surface area (Å²) in [6.07, 6.45) is 2.27. The Bertz CT molecular complexity index is 953. The number of esters is 1. The number of hydrogen-bond acceptors (Lipinski definition) is 8. The van der Waals surface area contributed by atoms with E-state index in [0.29, 0.717) is 32.8 Å². The third-order valence-electron chi connectivity index (χ3n) is 7.97. The number of carbonyl (C=O) groups excluding carboxylic acids is 1. The van der Waals surface area contributed by atoms with Crippen molar-refractivity contribution in [2.75, 3.05) is 26.4 Å². The van der Waals surface area contributed by atoms with Crippen LogP contribution >= 0.6 is 0 Å². The molecule has 1 spiro atoms. The standard InChI is InChI=1S/C25H40F2O9S/c1-20(2,3)32-12-22(13-33-21(4,5)6)14-34-24(35-15-22)17-7-16-8-18(24)11-23(9-16,10-17)36-19(28)25(26,27)37(29,30)31/h16-18H,7-15H2,1-6H3,(H,29,30,31). The number of carbonyl (C=O) groups is 1. The van der Waals surface area contributed by atoms with E-state index in [1.54, 1.807) is 0 Å². The van der Waals surface area contributed by atoms with Crippen LogP contribution in [0.2, 0.25) is 0 Å². The van der Waals surface area contributed by atoms with Gasteiger partial charge in [-0.1, -0.05) is 0 Å². The first kappa shape index (κ1) is 29.1. The summed E-state index contributed by atoms with van der Waals surface area (Å²) < 4.78 is 89.4. The van der Waals surface area contributed by atoms with Gasteiger partial charge < -0.3 is 23.7 Å². The van der Waals surface area contributed by atoms with Crippen molar-refractivity contribution < 1.29 is 50.2 Å². The molecule has 4 aliphatic carbocycles. The van der Waals surface area contributed by atoms with Crippen molar-refractivity contribution in [3.05, 3.63) is 0 Å². The number of ether oxygens (including phenoxy) is 5. The Morgan fingerprint density at radius 3 is 1.78 bits per heavy atom. The van der Waals surface area contributed by atoms with Gasteiger partial charge in [-0.2, -0.15) is 17.2 Å². The van der Waals surface area contributed by atoms with Gasteiger partial charge in [-0.25, -0.2) is 4.79 Å². The third-order valence-corrected chi connectivity index (χ3v) is 8.79. The van der Waals surface area contributed by atoms with Crippen LogP contribution in [0.3, 0.4) is 0 Å². The molecule has 1 saturated heterocycles. The molecule has 1 aliphatic heterocycles. The maximum Gasteiger partial charge on any atom is 0.465 e. The molecule has 1 heterocycles. The van der Waals surface area contributed by atoms with Gasteiger partial charge in [-0.15, -0.1) is 0 Å². The lowest BCUT2D eigenvalue weighted by Crippen LogP contribution is -2.70. The van der Waals surface area contributed by atoms with E-state index in [1.807, 2.05) is 41.5 Å². The molecule has 214 valence electrons. The molecule has 2 unspecified atom stereocenters. The van der Waals surface area contributed by atoms with Crippen LogP contribution < -0.4 is 0 Å². The van der Waals surface area contributed by atoms with E-state index in [1.165, 1.54) is 0 Å². The van der Waals surface area contributed by atoms with Crippen molar-refractivity contribution in [1.29, 1.82) is 0 Å². The van der Waals surface area contributed by atoms with E-state index in [4.69, 9.17) is 28.2 Å². The highest BCUT2D eigenvalue weighted by Crippen LogP contribution is 2.64. The van der Waals surface area contributed by atoms with Crippen LogP contribution in [0.4, 0.5) is 8.78 Å². The summed E-state index contributed by atoms with van der Waals surface area (Å²) in [5, 5.41) is -5.02. The van der Waals surface area contributed by atoms with Crippen LogP contribution in [0.15, 0.2) is 0 Å². The molecule has 1 N–H and O–H groups in total. The Hall–Kier alpha value is -0.920. The summed E-state index contributed by atoms with van der Waals surface area (Å²) in [6, 6.07) is 0. The Balaban J connectivity index is 1.50. The quantitative estimate of drug-likeness (QED) is 0.369. The Kier molecular flexibility index (Phi) is 7.11. The van der Waals surface area contributed by atoms with Crippen LogP contribution in [0.25, 0.3) is 0 Å². The van der Waals surface area contributed by atoms with Crippen LogP contribution in [0.5, 0.6) is 0 Å². The fourth-order valence-electron chi connectivity index (χ4n) is 6.38. The lowest BCUT2D eigenvalue weighted by Gasteiger charge is -2.65. The molecule has 5 rings (SSSR count). The fraction of sp³-hybridized carbons (Fsp3) is 0.960. The molecular weight excluding hydrogens is 514 g/mol. The van der Waals surface area contributed by atoms with Gasteiger partial charge >= 0.3 is 21.3 Å². The van der Waals surface area contributed by atoms with Crippen molar-refractivity contribution in [1.82, 2.24) is 0 Å². The summed E-state index contributed by atoms with van der Waals surface area (Å²) in [7, 11) is -5.94. The van der Waals surface area contributed by atoms with E-state index in [0.717, 1.165) is 12.8 Å². The third kappa shape index (κ3) is 5.70. The molecule has 0 aromatic heterocycles. The van der Waals surface area contributed by atoms with Crippen LogP contribution in [-0.4, -0.2) is 73.2 Å². The van der Waals surface area contributed by atoms with E-state index in [-0.39, 0.29) is 41.8 Å². The summed E-state index contributed by atoms with van der Waals surface area (Å²) >= 11 is 0. The first-order chi connectivity index (χ1) is 16.7. The number of alkyl halides is 2. The molecule has 0 radical (unpaired) electrons. The SMILES string of the molecule is CC(C)(C)OCC1(COC(C)(C)C)COC2(OC1)C1CC3CC2CC(OC(=O)C(F)(F)S(=O)(=O)O)(C3)C1. The Morgan fingerprint density at radius 1 is 0.919 bits per heavy atom. The van der Waals surface area contributed by atoms with Crippen molar-refractivity contribution in [2.45, 2.75) is 101 Å². The first-order valence-corrected chi connectivity index (χ1v) is 14.3. The summed E-state index contributed by atoms with van der Waals surface area (Å²) in [4.78, 5) is 12.2. The molecular formula is C25H40F2O9S. The lowest BCUT2D eigenvalue weighted by molar-refractivity contribution is -0.399. The summed E-state index contributed by atoms with van der Waals surface area (Å²) in [5.41, 5.74) is -2.51. The number of halogens is 2. The largest absolute Gasteiger partial charge is 0.465 e. The topological polar surface area (TPSA) is 118 Å². The second-order valence-corrected chi connectivity index (χ2v) is 15.0. The van der Waals surface area contributed by atoms with Crippen molar-refractivity contribution in [3.8, 4) is 0 Å². The highest BCUT2D eigenvalue weighted by molar-refractivity contribution is 7.87. The molecule has 37 heavy (non-hydrogen) atoms. The molecule has 5 aliphatic rings. The molecule has 4 saturated carbocycles. The predicted octanol–water partition coefficient (Wildman–Crippen LogP) is 3.95. The van der Waals surface area contributed by atoms with Crippen LogP contribution in [0, 0.1) is 23.2 Å². The van der Waals surface area contributed by atoms with Crippen LogP contribution in [0.1, 0.15) is 73.6 Å². The predicted molar refractivity (Wildman–Crippen MR) is 127 cm³/mol. The zero-order valence-electron chi connectivity index (χ0n) is 22.5. The molecule has 12 heteroatoms. The van der Waals surface area contributed by atoms with Crippen molar-refractivity contribution >= 4 is 16.1 Å². The number of hydrogen-bond donors (Lipinski definition) is 1. The monoisotopic (exact) mass is 554 g/mol. The van der Waals surface area contributed by atoms with Gasteiger partial charge in [0.2, 0.25) is 0 Å². The zero-order chi connectivity index (χ0) is 27.7. The molecule has 0 amide bonds. The average molecular weight is 555 g/mol. The minimum atomic E-state index is -5.94. The van der Waals surface area contributed by atoms with Gasteiger partial charge in [0, 0.05) is 11.8 Å². The minimum Gasteiger partial charge on any atom is -0.454 e. The minimum absolute atomic E-state index is 0.114. The maximum atomic E-state index is 14.0. The molecule has 2 atom stereocenters. The van der Waals surface area contributed by atoms with Crippen molar-refractivity contribution in [2.24, 2.45) is 23.2 Å². The van der Waals surface area contributed by atoms with Gasteiger partial charge in [-0.3, -0.25) is 4.55 Å². The zero-order valence-corrected chi connectivity index (χ0v) is 23.3. The van der Waals surface area contributed by atoms with Gasteiger partial charge in [0.05, 0.1) is 43.0 Å². The maximum absolute atomic E-state index is 14.0. The molecule has 9 nitrogen and oxygen atoms in total. The highest BCUT2D eigenvalue weighted by atomic mass is 32.2. The summed E-state index contributed by atoms with van der Waals surface area (Å²) in [5.74, 6) is -3.49. The van der Waals surface area contributed by atoms with Gasteiger partial charge in [0.1, 0.15) is 5.60 Å². The molecule has 0 aromatic rings. The number of rotatable bonds is 7. The highest BCUT2D eigenvalue weighted by Gasteiger charge is 2.68. The molecule has 4 bridgehead atoms. The fourth-order valence-corrected chi connectivity index (χ4v) is 6.63. The van der Waals surface area contributed by atoms with Crippen LogP contribution in [-0.2, 0) is 38.6 Å². The van der Waals surface area contributed by atoms with E-state index >= 15 is 0 Å². The van der Waals surface area contributed by atoms with Gasteiger partial charge in [-0.05, 0) is 79.6 Å². The normalized spacial score (nSPS) is 33.1.